The summed E-state index contributed by atoms with van der Waals surface area (Å²) in [6, 6.07) is 6.20. The van der Waals surface area contributed by atoms with E-state index < -0.39 is 0 Å². The number of aromatic nitrogens is 1. The molecule has 1 aromatic heterocycles. The molecule has 1 N–H and O–H groups in total. The normalized spacial score (nSPS) is 26.7. The highest BCUT2D eigenvalue weighted by Gasteiger charge is 2.33. The van der Waals surface area contributed by atoms with Gasteiger partial charge in [0.2, 0.25) is 0 Å². The van der Waals surface area contributed by atoms with Crippen LogP contribution in [0.15, 0.2) is 24.4 Å². The van der Waals surface area contributed by atoms with Crippen LogP contribution in [0.4, 0.5) is 0 Å². The summed E-state index contributed by atoms with van der Waals surface area (Å²) in [6.45, 7) is 7.19. The van der Waals surface area contributed by atoms with Crippen LogP contribution < -0.4 is 0 Å². The lowest BCUT2D eigenvalue weighted by atomic mass is 9.66. The van der Waals surface area contributed by atoms with Crippen LogP contribution in [0, 0.1) is 11.3 Å². The molecule has 0 bridgehead atoms. The molecule has 1 heterocycles. The minimum atomic E-state index is 0.449. The molecule has 0 amide bonds. The van der Waals surface area contributed by atoms with Crippen molar-refractivity contribution in [2.24, 2.45) is 11.3 Å². The summed E-state index contributed by atoms with van der Waals surface area (Å²) in [5.41, 5.74) is 3.00. The molecule has 19 heavy (non-hydrogen) atoms. The first-order valence-electron chi connectivity index (χ1n) is 7.22. The van der Waals surface area contributed by atoms with E-state index in [0.29, 0.717) is 11.3 Å². The van der Waals surface area contributed by atoms with Crippen molar-refractivity contribution in [3.63, 3.8) is 0 Å². The molecule has 1 fully saturated rings. The van der Waals surface area contributed by atoms with Gasteiger partial charge < -0.3 is 4.98 Å². The van der Waals surface area contributed by atoms with Gasteiger partial charge in [0.1, 0.15) is 0 Å². The SMILES string of the molecule is CC1CC(c2c[nH]c3c(Cl)cccc23)CC(C)(C)C1. The monoisotopic (exact) mass is 275 g/mol. The first kappa shape index (κ1) is 13.1. The van der Waals surface area contributed by atoms with E-state index in [1.807, 2.05) is 6.07 Å². The molecule has 3 rings (SSSR count). The van der Waals surface area contributed by atoms with Gasteiger partial charge >= 0.3 is 0 Å². The van der Waals surface area contributed by atoms with Crippen LogP contribution in [-0.2, 0) is 0 Å². The zero-order chi connectivity index (χ0) is 13.6. The van der Waals surface area contributed by atoms with Gasteiger partial charge in [0, 0.05) is 11.6 Å². The van der Waals surface area contributed by atoms with Gasteiger partial charge in [0.15, 0.2) is 0 Å². The Morgan fingerprint density at radius 3 is 2.79 bits per heavy atom. The first-order chi connectivity index (χ1) is 8.96. The van der Waals surface area contributed by atoms with E-state index in [9.17, 15) is 0 Å². The van der Waals surface area contributed by atoms with E-state index in [0.717, 1.165) is 16.5 Å². The molecule has 1 aliphatic carbocycles. The molecule has 2 heteroatoms. The zero-order valence-electron chi connectivity index (χ0n) is 12.0. The standard InChI is InChI=1S/C17H22ClN/c1-11-7-12(9-17(2,3)8-11)14-10-19-16-13(14)5-4-6-15(16)18/h4-6,10-12,19H,7-9H2,1-3H3. The number of hydrogen-bond acceptors (Lipinski definition) is 0. The van der Waals surface area contributed by atoms with Gasteiger partial charge in [-0.1, -0.05) is 44.5 Å². The molecule has 0 spiro atoms. The molecule has 2 aromatic rings. The Balaban J connectivity index is 2.02. The molecule has 2 atom stereocenters. The van der Waals surface area contributed by atoms with Crippen LogP contribution in [0.25, 0.3) is 10.9 Å². The third kappa shape index (κ3) is 2.41. The Morgan fingerprint density at radius 2 is 2.05 bits per heavy atom. The van der Waals surface area contributed by atoms with Gasteiger partial charge in [0.25, 0.3) is 0 Å². The maximum absolute atomic E-state index is 6.26. The van der Waals surface area contributed by atoms with Gasteiger partial charge in [0.05, 0.1) is 10.5 Å². The summed E-state index contributed by atoms with van der Waals surface area (Å²) in [7, 11) is 0. The number of benzene rings is 1. The minimum absolute atomic E-state index is 0.449. The summed E-state index contributed by atoms with van der Waals surface area (Å²) < 4.78 is 0. The first-order valence-corrected chi connectivity index (χ1v) is 7.59. The van der Waals surface area contributed by atoms with Gasteiger partial charge in [-0.25, -0.2) is 0 Å². The number of para-hydroxylation sites is 1. The Morgan fingerprint density at radius 1 is 1.26 bits per heavy atom. The lowest BCUT2D eigenvalue weighted by Gasteiger charge is -2.39. The summed E-state index contributed by atoms with van der Waals surface area (Å²) >= 11 is 6.26. The Labute approximate surface area is 120 Å². The highest BCUT2D eigenvalue weighted by molar-refractivity contribution is 6.35. The third-order valence-electron chi connectivity index (χ3n) is 4.52. The molecule has 2 unspecified atom stereocenters. The Kier molecular flexibility index (Phi) is 3.13. The molecule has 1 aliphatic rings. The van der Waals surface area contributed by atoms with Gasteiger partial charge in [-0.3, -0.25) is 0 Å². The summed E-state index contributed by atoms with van der Waals surface area (Å²) in [4.78, 5) is 3.36. The summed E-state index contributed by atoms with van der Waals surface area (Å²) in [6.07, 6.45) is 6.08. The highest BCUT2D eigenvalue weighted by Crippen LogP contribution is 2.47. The topological polar surface area (TPSA) is 15.8 Å². The van der Waals surface area contributed by atoms with Crippen LogP contribution in [-0.4, -0.2) is 4.98 Å². The summed E-state index contributed by atoms with van der Waals surface area (Å²) in [5.74, 6) is 1.46. The molecule has 0 saturated heterocycles. The predicted octanol–water partition coefficient (Wildman–Crippen LogP) is 5.75. The van der Waals surface area contributed by atoms with E-state index in [4.69, 9.17) is 11.6 Å². The number of nitrogens with one attached hydrogen (secondary N) is 1. The van der Waals surface area contributed by atoms with Crippen LogP contribution in [0.1, 0.15) is 51.5 Å². The second kappa shape index (κ2) is 4.56. The third-order valence-corrected chi connectivity index (χ3v) is 4.84. The molecule has 1 saturated carbocycles. The molecule has 0 radical (unpaired) electrons. The fourth-order valence-electron chi connectivity index (χ4n) is 4.06. The van der Waals surface area contributed by atoms with Gasteiger partial charge in [-0.05, 0) is 48.1 Å². The average Bonchev–Trinajstić information content (AvgIpc) is 2.71. The number of fused-ring (bicyclic) bond motifs is 1. The quantitative estimate of drug-likeness (QED) is 0.682. The Hall–Kier alpha value is -0.950. The molecule has 1 nitrogen and oxygen atoms in total. The summed E-state index contributed by atoms with van der Waals surface area (Å²) in [5, 5.41) is 2.13. The maximum atomic E-state index is 6.26. The van der Waals surface area contributed by atoms with Crippen molar-refractivity contribution in [2.45, 2.75) is 46.0 Å². The van der Waals surface area contributed by atoms with Crippen LogP contribution in [0.5, 0.6) is 0 Å². The van der Waals surface area contributed by atoms with E-state index in [2.05, 4.69) is 44.1 Å². The lowest BCUT2D eigenvalue weighted by molar-refractivity contribution is 0.169. The van der Waals surface area contributed by atoms with Gasteiger partial charge in [-0.15, -0.1) is 0 Å². The molecular weight excluding hydrogens is 254 g/mol. The lowest BCUT2D eigenvalue weighted by Crippen LogP contribution is -2.26. The second-order valence-corrected chi connectivity index (χ2v) is 7.42. The van der Waals surface area contributed by atoms with Crippen molar-refractivity contribution >= 4 is 22.5 Å². The fourth-order valence-corrected chi connectivity index (χ4v) is 4.29. The van der Waals surface area contributed by atoms with Crippen molar-refractivity contribution in [3.05, 3.63) is 35.0 Å². The van der Waals surface area contributed by atoms with Crippen molar-refractivity contribution in [2.75, 3.05) is 0 Å². The predicted molar refractivity (Wildman–Crippen MR) is 82.8 cm³/mol. The number of aromatic amines is 1. The minimum Gasteiger partial charge on any atom is -0.360 e. The van der Waals surface area contributed by atoms with E-state index in [1.54, 1.807) is 0 Å². The van der Waals surface area contributed by atoms with Crippen molar-refractivity contribution < 1.29 is 0 Å². The molecule has 102 valence electrons. The van der Waals surface area contributed by atoms with Crippen LogP contribution in [0.2, 0.25) is 5.02 Å². The van der Waals surface area contributed by atoms with Crippen LogP contribution in [0.3, 0.4) is 0 Å². The molecule has 1 aromatic carbocycles. The van der Waals surface area contributed by atoms with Crippen molar-refractivity contribution in [1.29, 1.82) is 0 Å². The zero-order valence-corrected chi connectivity index (χ0v) is 12.7. The number of rotatable bonds is 1. The average molecular weight is 276 g/mol. The number of hydrogen-bond donors (Lipinski definition) is 1. The van der Waals surface area contributed by atoms with Crippen LogP contribution >= 0.6 is 11.6 Å². The van der Waals surface area contributed by atoms with Gasteiger partial charge in [-0.2, -0.15) is 0 Å². The number of halogens is 1. The maximum Gasteiger partial charge on any atom is 0.0647 e. The fraction of sp³-hybridized carbons (Fsp3) is 0.529. The smallest absolute Gasteiger partial charge is 0.0647 e. The highest BCUT2D eigenvalue weighted by atomic mass is 35.5. The van der Waals surface area contributed by atoms with E-state index >= 15 is 0 Å². The van der Waals surface area contributed by atoms with E-state index in [-0.39, 0.29) is 0 Å². The van der Waals surface area contributed by atoms with Crippen molar-refractivity contribution in [3.8, 4) is 0 Å². The largest absolute Gasteiger partial charge is 0.360 e. The number of H-pyrrole nitrogens is 1. The van der Waals surface area contributed by atoms with Crippen molar-refractivity contribution in [1.82, 2.24) is 4.98 Å². The Bertz CT molecular complexity index is 596. The van der Waals surface area contributed by atoms with E-state index in [1.165, 1.54) is 30.2 Å². The molecule has 0 aliphatic heterocycles. The molecular formula is C17H22ClN. The second-order valence-electron chi connectivity index (χ2n) is 7.02.